The van der Waals surface area contributed by atoms with E-state index in [1.165, 1.54) is 0 Å². The number of rotatable bonds is 4. The van der Waals surface area contributed by atoms with Crippen molar-refractivity contribution in [3.05, 3.63) is 47.4 Å². The average molecular weight is 288 g/mol. The molecule has 1 aromatic carbocycles. The van der Waals surface area contributed by atoms with Crippen molar-refractivity contribution < 1.29 is 18.7 Å². The van der Waals surface area contributed by atoms with Gasteiger partial charge in [0.05, 0.1) is 6.54 Å². The number of carbonyl (C=O) groups excluding carboxylic acids is 1. The Bertz CT molecular complexity index is 651. The van der Waals surface area contributed by atoms with E-state index in [0.717, 1.165) is 11.3 Å². The van der Waals surface area contributed by atoms with E-state index in [1.54, 1.807) is 12.1 Å². The maximum atomic E-state index is 11.9. The van der Waals surface area contributed by atoms with Gasteiger partial charge in [-0.25, -0.2) is 0 Å². The SMILES string of the molecule is NCc1ccc(C(=O)NCc2ccc3c(c2)OCCO3)o1. The fourth-order valence-corrected chi connectivity index (χ4v) is 2.08. The summed E-state index contributed by atoms with van der Waals surface area (Å²) in [5.74, 6) is 2.00. The Morgan fingerprint density at radius 2 is 1.95 bits per heavy atom. The summed E-state index contributed by atoms with van der Waals surface area (Å²) < 4.78 is 16.2. The largest absolute Gasteiger partial charge is 0.486 e. The topological polar surface area (TPSA) is 86.7 Å². The van der Waals surface area contributed by atoms with E-state index in [0.29, 0.717) is 31.3 Å². The number of hydrogen-bond donors (Lipinski definition) is 2. The van der Waals surface area contributed by atoms with E-state index >= 15 is 0 Å². The van der Waals surface area contributed by atoms with Crippen LogP contribution >= 0.6 is 0 Å². The highest BCUT2D eigenvalue weighted by Crippen LogP contribution is 2.30. The van der Waals surface area contributed by atoms with Crippen LogP contribution in [0.3, 0.4) is 0 Å². The van der Waals surface area contributed by atoms with Gasteiger partial charge in [0.2, 0.25) is 0 Å². The molecule has 0 aliphatic carbocycles. The van der Waals surface area contributed by atoms with Crippen molar-refractivity contribution in [3.63, 3.8) is 0 Å². The number of benzene rings is 1. The third-order valence-electron chi connectivity index (χ3n) is 3.15. The van der Waals surface area contributed by atoms with Crippen molar-refractivity contribution in [1.82, 2.24) is 5.32 Å². The molecule has 21 heavy (non-hydrogen) atoms. The molecule has 0 bridgehead atoms. The van der Waals surface area contributed by atoms with E-state index in [2.05, 4.69) is 5.32 Å². The van der Waals surface area contributed by atoms with Gasteiger partial charge in [-0.2, -0.15) is 0 Å². The number of nitrogens with two attached hydrogens (primary N) is 1. The summed E-state index contributed by atoms with van der Waals surface area (Å²) in [5, 5.41) is 2.79. The fraction of sp³-hybridized carbons (Fsp3) is 0.267. The second-order valence-corrected chi connectivity index (χ2v) is 4.63. The Labute approximate surface area is 121 Å². The third kappa shape index (κ3) is 3.00. The van der Waals surface area contributed by atoms with Gasteiger partial charge in [0.25, 0.3) is 5.91 Å². The van der Waals surface area contributed by atoms with Crippen LogP contribution in [-0.4, -0.2) is 19.1 Å². The van der Waals surface area contributed by atoms with E-state index in [-0.39, 0.29) is 18.2 Å². The molecule has 0 atom stereocenters. The molecule has 0 radical (unpaired) electrons. The Morgan fingerprint density at radius 1 is 1.14 bits per heavy atom. The van der Waals surface area contributed by atoms with E-state index < -0.39 is 0 Å². The van der Waals surface area contributed by atoms with E-state index in [4.69, 9.17) is 19.6 Å². The first kappa shape index (κ1) is 13.5. The second kappa shape index (κ2) is 5.88. The molecular weight excluding hydrogens is 272 g/mol. The van der Waals surface area contributed by atoms with Gasteiger partial charge in [-0.1, -0.05) is 6.07 Å². The van der Waals surface area contributed by atoms with Gasteiger partial charge in [-0.3, -0.25) is 4.79 Å². The molecule has 0 saturated carbocycles. The Kier molecular flexibility index (Phi) is 3.79. The van der Waals surface area contributed by atoms with Crippen LogP contribution in [0.4, 0.5) is 0 Å². The number of hydrogen-bond acceptors (Lipinski definition) is 5. The first-order valence-corrected chi connectivity index (χ1v) is 6.72. The summed E-state index contributed by atoms with van der Waals surface area (Å²) >= 11 is 0. The molecular formula is C15H16N2O4. The lowest BCUT2D eigenvalue weighted by molar-refractivity contribution is 0.0921. The van der Waals surface area contributed by atoms with Crippen LogP contribution in [0, 0.1) is 0 Å². The van der Waals surface area contributed by atoms with E-state index in [9.17, 15) is 4.79 Å². The number of fused-ring (bicyclic) bond motifs is 1. The first-order valence-electron chi connectivity index (χ1n) is 6.72. The molecule has 1 aromatic heterocycles. The van der Waals surface area contributed by atoms with Crippen molar-refractivity contribution in [3.8, 4) is 11.5 Å². The van der Waals surface area contributed by atoms with Crippen LogP contribution in [-0.2, 0) is 13.1 Å². The number of amides is 1. The highest BCUT2D eigenvalue weighted by atomic mass is 16.6. The molecule has 6 heteroatoms. The maximum Gasteiger partial charge on any atom is 0.287 e. The molecule has 1 amide bonds. The monoisotopic (exact) mass is 288 g/mol. The minimum Gasteiger partial charge on any atom is -0.486 e. The van der Waals surface area contributed by atoms with Gasteiger partial charge in [0.1, 0.15) is 19.0 Å². The lowest BCUT2D eigenvalue weighted by Crippen LogP contribution is -2.22. The summed E-state index contributed by atoms with van der Waals surface area (Å²) in [4.78, 5) is 11.9. The van der Waals surface area contributed by atoms with Crippen molar-refractivity contribution in [2.75, 3.05) is 13.2 Å². The molecule has 6 nitrogen and oxygen atoms in total. The zero-order valence-corrected chi connectivity index (χ0v) is 11.4. The second-order valence-electron chi connectivity index (χ2n) is 4.63. The van der Waals surface area contributed by atoms with Crippen molar-refractivity contribution in [2.45, 2.75) is 13.1 Å². The standard InChI is InChI=1S/C15H16N2O4/c16-8-11-2-4-13(21-11)15(18)17-9-10-1-3-12-14(7-10)20-6-5-19-12/h1-4,7H,5-6,8-9,16H2,(H,17,18). The van der Waals surface area contributed by atoms with Crippen LogP contribution in [0.1, 0.15) is 21.9 Å². The summed E-state index contributed by atoms with van der Waals surface area (Å²) in [5.41, 5.74) is 6.37. The predicted octanol–water partition coefficient (Wildman–Crippen LogP) is 1.44. The number of nitrogens with one attached hydrogen (secondary N) is 1. The highest BCUT2D eigenvalue weighted by molar-refractivity contribution is 5.91. The maximum absolute atomic E-state index is 11.9. The molecule has 110 valence electrons. The third-order valence-corrected chi connectivity index (χ3v) is 3.15. The molecule has 3 N–H and O–H groups in total. The number of furan rings is 1. The van der Waals surface area contributed by atoms with Crippen LogP contribution in [0.25, 0.3) is 0 Å². The molecule has 0 unspecified atom stereocenters. The quantitative estimate of drug-likeness (QED) is 0.889. The van der Waals surface area contributed by atoms with Crippen molar-refractivity contribution >= 4 is 5.91 Å². The first-order chi connectivity index (χ1) is 10.3. The van der Waals surface area contributed by atoms with Crippen molar-refractivity contribution in [1.29, 1.82) is 0 Å². The van der Waals surface area contributed by atoms with Gasteiger partial charge in [-0.05, 0) is 29.8 Å². The fourth-order valence-electron chi connectivity index (χ4n) is 2.08. The molecule has 1 aliphatic heterocycles. The van der Waals surface area contributed by atoms with Gasteiger partial charge in [0.15, 0.2) is 17.3 Å². The molecule has 0 fully saturated rings. The normalized spacial score (nSPS) is 13.0. The van der Waals surface area contributed by atoms with Gasteiger partial charge >= 0.3 is 0 Å². The number of carbonyl (C=O) groups is 1. The predicted molar refractivity (Wildman–Crippen MR) is 75.2 cm³/mol. The van der Waals surface area contributed by atoms with Crippen molar-refractivity contribution in [2.24, 2.45) is 5.73 Å². The number of ether oxygens (including phenoxy) is 2. The molecule has 1 aliphatic rings. The molecule has 3 rings (SSSR count). The lowest BCUT2D eigenvalue weighted by atomic mass is 10.2. The Hall–Kier alpha value is -2.47. The van der Waals surface area contributed by atoms with E-state index in [1.807, 2.05) is 18.2 Å². The summed E-state index contributed by atoms with van der Waals surface area (Å²) in [6.07, 6.45) is 0. The Balaban J connectivity index is 1.63. The highest BCUT2D eigenvalue weighted by Gasteiger charge is 2.13. The van der Waals surface area contributed by atoms with Gasteiger partial charge < -0.3 is 24.9 Å². The minimum absolute atomic E-state index is 0.257. The van der Waals surface area contributed by atoms with Crippen LogP contribution in [0.15, 0.2) is 34.7 Å². The van der Waals surface area contributed by atoms with Crippen LogP contribution in [0.5, 0.6) is 11.5 Å². The van der Waals surface area contributed by atoms with Gasteiger partial charge in [0, 0.05) is 6.54 Å². The molecule has 2 aromatic rings. The molecule has 0 spiro atoms. The van der Waals surface area contributed by atoms with Crippen LogP contribution in [0.2, 0.25) is 0 Å². The summed E-state index contributed by atoms with van der Waals surface area (Å²) in [7, 11) is 0. The zero-order chi connectivity index (χ0) is 14.7. The zero-order valence-electron chi connectivity index (χ0n) is 11.4. The lowest BCUT2D eigenvalue weighted by Gasteiger charge is -2.18. The molecule has 2 heterocycles. The van der Waals surface area contributed by atoms with Crippen LogP contribution < -0.4 is 20.5 Å². The Morgan fingerprint density at radius 3 is 2.71 bits per heavy atom. The average Bonchev–Trinajstić information content (AvgIpc) is 3.01. The van der Waals surface area contributed by atoms with Gasteiger partial charge in [-0.15, -0.1) is 0 Å². The minimum atomic E-state index is -0.274. The summed E-state index contributed by atoms with van der Waals surface area (Å²) in [6, 6.07) is 8.90. The molecule has 0 saturated heterocycles. The smallest absolute Gasteiger partial charge is 0.287 e. The summed E-state index contributed by atoms with van der Waals surface area (Å²) in [6.45, 7) is 1.76.